The van der Waals surface area contributed by atoms with E-state index >= 15 is 0 Å². The van der Waals surface area contributed by atoms with Crippen LogP contribution in [0, 0.1) is 11.8 Å². The molecule has 0 radical (unpaired) electrons. The predicted octanol–water partition coefficient (Wildman–Crippen LogP) is 2.75. The molecule has 17 heavy (non-hydrogen) atoms. The number of carboxylic acid groups (broad SMARTS) is 1. The van der Waals surface area contributed by atoms with Crippen molar-refractivity contribution in [1.82, 2.24) is 4.90 Å². The van der Waals surface area contributed by atoms with Crippen LogP contribution in [0.25, 0.3) is 0 Å². The number of hydrogen-bond donors (Lipinski definition) is 1. The fourth-order valence-electron chi connectivity index (χ4n) is 3.40. The summed E-state index contributed by atoms with van der Waals surface area (Å²) in [7, 11) is 0. The van der Waals surface area contributed by atoms with E-state index in [-0.39, 0.29) is 5.92 Å². The molecule has 0 amide bonds. The van der Waals surface area contributed by atoms with Gasteiger partial charge >= 0.3 is 5.97 Å². The molecule has 1 aliphatic carbocycles. The number of nitrogens with zero attached hydrogens (tertiary/aromatic N) is 1. The lowest BCUT2D eigenvalue weighted by atomic mass is 9.79. The number of hydrogen-bond acceptors (Lipinski definition) is 2. The van der Waals surface area contributed by atoms with Crippen LogP contribution in [0.15, 0.2) is 0 Å². The average molecular weight is 239 g/mol. The molecule has 0 bridgehead atoms. The zero-order valence-electron chi connectivity index (χ0n) is 10.7. The highest BCUT2D eigenvalue weighted by atomic mass is 16.4. The van der Waals surface area contributed by atoms with Gasteiger partial charge in [0.2, 0.25) is 0 Å². The van der Waals surface area contributed by atoms with Gasteiger partial charge in [-0.1, -0.05) is 25.7 Å². The van der Waals surface area contributed by atoms with E-state index in [0.717, 1.165) is 25.8 Å². The van der Waals surface area contributed by atoms with Gasteiger partial charge in [0.15, 0.2) is 0 Å². The van der Waals surface area contributed by atoms with Gasteiger partial charge in [-0.3, -0.25) is 4.79 Å². The van der Waals surface area contributed by atoms with Crippen molar-refractivity contribution in [3.63, 3.8) is 0 Å². The first kappa shape index (κ1) is 12.9. The van der Waals surface area contributed by atoms with E-state index in [1.165, 1.54) is 45.2 Å². The summed E-state index contributed by atoms with van der Waals surface area (Å²) in [6.07, 6.45) is 9.64. The third-order valence-electron chi connectivity index (χ3n) is 4.42. The molecule has 98 valence electrons. The average Bonchev–Trinajstić information content (AvgIpc) is 2.58. The van der Waals surface area contributed by atoms with E-state index in [4.69, 9.17) is 0 Å². The maximum Gasteiger partial charge on any atom is 0.306 e. The maximum absolute atomic E-state index is 11.3. The van der Waals surface area contributed by atoms with Gasteiger partial charge in [0.05, 0.1) is 5.92 Å². The van der Waals surface area contributed by atoms with Crippen LogP contribution in [-0.2, 0) is 4.79 Å². The molecule has 0 aromatic carbocycles. The maximum atomic E-state index is 11.3. The number of aliphatic carboxylic acids is 1. The Bertz CT molecular complexity index is 247. The van der Waals surface area contributed by atoms with E-state index in [9.17, 15) is 9.90 Å². The van der Waals surface area contributed by atoms with E-state index in [1.807, 2.05) is 0 Å². The second-order valence-corrected chi connectivity index (χ2v) is 5.70. The van der Waals surface area contributed by atoms with Crippen LogP contribution in [0.3, 0.4) is 0 Å². The molecule has 1 heterocycles. The molecule has 2 unspecified atom stereocenters. The molecule has 3 nitrogen and oxygen atoms in total. The van der Waals surface area contributed by atoms with Gasteiger partial charge in [0.25, 0.3) is 0 Å². The normalized spacial score (nSPS) is 32.0. The Balaban J connectivity index is 1.88. The van der Waals surface area contributed by atoms with Crippen molar-refractivity contribution < 1.29 is 9.90 Å². The molecule has 2 atom stereocenters. The van der Waals surface area contributed by atoms with Crippen molar-refractivity contribution in [2.45, 2.75) is 51.4 Å². The fraction of sp³-hybridized carbons (Fsp3) is 0.929. The molecule has 1 aliphatic heterocycles. The summed E-state index contributed by atoms with van der Waals surface area (Å²) in [5.41, 5.74) is 0. The molecule has 2 rings (SSSR count). The van der Waals surface area contributed by atoms with E-state index in [1.54, 1.807) is 0 Å². The van der Waals surface area contributed by atoms with Gasteiger partial charge in [-0.05, 0) is 44.7 Å². The Morgan fingerprint density at radius 3 is 2.29 bits per heavy atom. The number of rotatable bonds is 3. The second-order valence-electron chi connectivity index (χ2n) is 5.70. The number of carbonyl (C=O) groups is 1. The molecule has 1 saturated heterocycles. The monoisotopic (exact) mass is 239 g/mol. The zero-order valence-corrected chi connectivity index (χ0v) is 10.7. The third kappa shape index (κ3) is 3.70. The van der Waals surface area contributed by atoms with Crippen molar-refractivity contribution in [3.05, 3.63) is 0 Å². The van der Waals surface area contributed by atoms with E-state index in [0.29, 0.717) is 5.92 Å². The molecular formula is C14H25NO2. The Hall–Kier alpha value is -0.570. The second kappa shape index (κ2) is 6.39. The quantitative estimate of drug-likeness (QED) is 0.823. The van der Waals surface area contributed by atoms with Crippen molar-refractivity contribution in [1.29, 1.82) is 0 Å². The minimum atomic E-state index is -0.565. The minimum Gasteiger partial charge on any atom is -0.481 e. The van der Waals surface area contributed by atoms with Crippen LogP contribution in [0.4, 0.5) is 0 Å². The van der Waals surface area contributed by atoms with Crippen LogP contribution in [0.1, 0.15) is 51.4 Å². The molecule has 2 aliphatic rings. The first-order chi connectivity index (χ1) is 8.27. The molecule has 1 N–H and O–H groups in total. The smallest absolute Gasteiger partial charge is 0.306 e. The lowest BCUT2D eigenvalue weighted by molar-refractivity contribution is -0.145. The number of likely N-dealkylation sites (tertiary alicyclic amines) is 1. The fourth-order valence-corrected chi connectivity index (χ4v) is 3.40. The predicted molar refractivity (Wildman–Crippen MR) is 68.0 cm³/mol. The van der Waals surface area contributed by atoms with Crippen LogP contribution in [0.2, 0.25) is 0 Å². The van der Waals surface area contributed by atoms with Crippen LogP contribution >= 0.6 is 0 Å². The topological polar surface area (TPSA) is 40.5 Å². The standard InChI is InChI=1S/C14H25NO2/c16-14(17)13-8-4-3-7-12(13)11-15-9-5-1-2-6-10-15/h12-13H,1-11H2,(H,16,17). The van der Waals surface area contributed by atoms with Gasteiger partial charge in [-0.15, -0.1) is 0 Å². The van der Waals surface area contributed by atoms with Crippen LogP contribution < -0.4 is 0 Å². The summed E-state index contributed by atoms with van der Waals surface area (Å²) in [6.45, 7) is 3.39. The summed E-state index contributed by atoms with van der Waals surface area (Å²) >= 11 is 0. The largest absolute Gasteiger partial charge is 0.481 e. The van der Waals surface area contributed by atoms with Gasteiger partial charge in [0.1, 0.15) is 0 Å². The minimum absolute atomic E-state index is 0.0768. The van der Waals surface area contributed by atoms with Gasteiger partial charge in [0, 0.05) is 6.54 Å². The first-order valence-electron chi connectivity index (χ1n) is 7.22. The van der Waals surface area contributed by atoms with Crippen molar-refractivity contribution in [3.8, 4) is 0 Å². The molecule has 3 heteroatoms. The van der Waals surface area contributed by atoms with Gasteiger partial charge in [-0.25, -0.2) is 0 Å². The molecule has 1 saturated carbocycles. The van der Waals surface area contributed by atoms with Crippen LogP contribution in [0.5, 0.6) is 0 Å². The van der Waals surface area contributed by atoms with Crippen molar-refractivity contribution >= 4 is 5.97 Å². The highest BCUT2D eigenvalue weighted by Gasteiger charge is 2.31. The lowest BCUT2D eigenvalue weighted by Gasteiger charge is -2.33. The summed E-state index contributed by atoms with van der Waals surface area (Å²) in [4.78, 5) is 13.8. The number of carboxylic acids is 1. The summed E-state index contributed by atoms with van der Waals surface area (Å²) in [5, 5.41) is 9.28. The Morgan fingerprint density at radius 2 is 1.65 bits per heavy atom. The van der Waals surface area contributed by atoms with Gasteiger partial charge in [-0.2, -0.15) is 0 Å². The highest BCUT2D eigenvalue weighted by molar-refractivity contribution is 5.70. The van der Waals surface area contributed by atoms with Crippen molar-refractivity contribution in [2.24, 2.45) is 11.8 Å². The lowest BCUT2D eigenvalue weighted by Crippen LogP contribution is -2.37. The highest BCUT2D eigenvalue weighted by Crippen LogP contribution is 2.31. The van der Waals surface area contributed by atoms with Crippen molar-refractivity contribution in [2.75, 3.05) is 19.6 Å². The SMILES string of the molecule is O=C(O)C1CCCCC1CN1CCCCCC1. The summed E-state index contributed by atoms with van der Waals surface area (Å²) < 4.78 is 0. The molecule has 0 spiro atoms. The van der Waals surface area contributed by atoms with E-state index in [2.05, 4.69) is 4.90 Å². The Labute approximate surface area is 104 Å². The van der Waals surface area contributed by atoms with Gasteiger partial charge < -0.3 is 10.0 Å². The van der Waals surface area contributed by atoms with E-state index < -0.39 is 5.97 Å². The Morgan fingerprint density at radius 1 is 1.00 bits per heavy atom. The Kier molecular flexibility index (Phi) is 4.84. The zero-order chi connectivity index (χ0) is 12.1. The molecular weight excluding hydrogens is 214 g/mol. The summed E-state index contributed by atoms with van der Waals surface area (Å²) in [6, 6.07) is 0. The summed E-state index contributed by atoms with van der Waals surface area (Å²) in [5.74, 6) is -0.240. The third-order valence-corrected chi connectivity index (χ3v) is 4.42. The molecule has 0 aromatic heterocycles. The first-order valence-corrected chi connectivity index (χ1v) is 7.22. The molecule has 0 aromatic rings. The molecule has 2 fully saturated rings. The van der Waals surface area contributed by atoms with Crippen LogP contribution in [-0.4, -0.2) is 35.6 Å².